The Morgan fingerprint density at radius 2 is 1.78 bits per heavy atom. The van der Waals surface area contributed by atoms with E-state index in [9.17, 15) is 4.79 Å². The summed E-state index contributed by atoms with van der Waals surface area (Å²) in [6.07, 6.45) is 9.12. The first-order valence-electron chi connectivity index (χ1n) is 10.5. The van der Waals surface area contributed by atoms with Gasteiger partial charge in [0.1, 0.15) is 0 Å². The predicted molar refractivity (Wildman–Crippen MR) is 122 cm³/mol. The topological polar surface area (TPSA) is 51.2 Å². The molecule has 0 aromatic rings. The summed E-state index contributed by atoms with van der Waals surface area (Å²) < 4.78 is 0. The summed E-state index contributed by atoms with van der Waals surface area (Å²) in [7, 11) is 5.56. The largest absolute Gasteiger partial charge is 0.353 e. The minimum atomic E-state index is 0. The maximum absolute atomic E-state index is 11.8. The van der Waals surface area contributed by atoms with Crippen LogP contribution in [0.2, 0.25) is 0 Å². The molecule has 0 aromatic heterocycles. The van der Waals surface area contributed by atoms with Crippen LogP contribution in [0.3, 0.4) is 0 Å². The summed E-state index contributed by atoms with van der Waals surface area (Å²) >= 11 is 0. The van der Waals surface area contributed by atoms with Gasteiger partial charge in [0, 0.05) is 66.3 Å². The third-order valence-corrected chi connectivity index (χ3v) is 6.43. The van der Waals surface area contributed by atoms with Gasteiger partial charge < -0.3 is 15.1 Å². The zero-order valence-corrected chi connectivity index (χ0v) is 19.7. The second kappa shape index (κ2) is 10.8. The fourth-order valence-electron chi connectivity index (χ4n) is 4.59. The van der Waals surface area contributed by atoms with Gasteiger partial charge in [-0.3, -0.25) is 14.7 Å². The van der Waals surface area contributed by atoms with E-state index in [2.05, 4.69) is 20.1 Å². The number of hydrogen-bond donors (Lipinski definition) is 1. The van der Waals surface area contributed by atoms with E-state index in [1.54, 1.807) is 4.90 Å². The van der Waals surface area contributed by atoms with Gasteiger partial charge in [-0.2, -0.15) is 0 Å². The molecule has 2 saturated carbocycles. The lowest BCUT2D eigenvalue weighted by Gasteiger charge is -2.36. The van der Waals surface area contributed by atoms with E-state index in [0.717, 1.165) is 50.5 Å². The molecule has 0 bridgehead atoms. The van der Waals surface area contributed by atoms with Gasteiger partial charge in [0.25, 0.3) is 0 Å². The fourth-order valence-corrected chi connectivity index (χ4v) is 4.59. The lowest BCUT2D eigenvalue weighted by atomic mass is 9.85. The van der Waals surface area contributed by atoms with Crippen LogP contribution in [0.4, 0.5) is 0 Å². The quantitative estimate of drug-likeness (QED) is 0.364. The maximum Gasteiger partial charge on any atom is 0.223 e. The number of guanidine groups is 1. The van der Waals surface area contributed by atoms with E-state index in [-0.39, 0.29) is 29.9 Å². The molecule has 1 aliphatic heterocycles. The van der Waals surface area contributed by atoms with E-state index in [0.29, 0.717) is 12.5 Å². The molecular weight excluding hydrogens is 453 g/mol. The molecule has 7 heteroatoms. The van der Waals surface area contributed by atoms with E-state index >= 15 is 0 Å². The average molecular weight is 491 g/mol. The summed E-state index contributed by atoms with van der Waals surface area (Å²) in [5, 5.41) is 3.73. The number of nitrogens with zero attached hydrogens (tertiary/aromatic N) is 4. The number of carbonyl (C=O) groups excluding carboxylic acids is 1. The van der Waals surface area contributed by atoms with Gasteiger partial charge in [-0.15, -0.1) is 24.0 Å². The molecular formula is C20H38IN5O. The average Bonchev–Trinajstić information content (AvgIpc) is 3.44. The third kappa shape index (κ3) is 6.48. The molecule has 2 atom stereocenters. The Hall–Kier alpha value is -0.570. The summed E-state index contributed by atoms with van der Waals surface area (Å²) in [5.41, 5.74) is 0. The van der Waals surface area contributed by atoms with Crippen LogP contribution in [-0.2, 0) is 4.79 Å². The van der Waals surface area contributed by atoms with E-state index in [4.69, 9.17) is 0 Å². The van der Waals surface area contributed by atoms with Crippen molar-refractivity contribution >= 4 is 35.8 Å². The fraction of sp³-hybridized carbons (Fsp3) is 0.900. The van der Waals surface area contributed by atoms with Crippen molar-refractivity contribution in [1.29, 1.82) is 0 Å². The molecule has 1 N–H and O–H groups in total. The number of rotatable bonds is 5. The van der Waals surface area contributed by atoms with Gasteiger partial charge in [0.05, 0.1) is 0 Å². The Balaban J connectivity index is 0.00000261. The molecule has 3 aliphatic rings. The normalized spacial score (nSPS) is 27.1. The molecule has 0 radical (unpaired) electrons. The van der Waals surface area contributed by atoms with Gasteiger partial charge in [-0.25, -0.2) is 0 Å². The van der Waals surface area contributed by atoms with Crippen LogP contribution in [0.5, 0.6) is 0 Å². The first-order chi connectivity index (χ1) is 12.6. The van der Waals surface area contributed by atoms with Crippen LogP contribution < -0.4 is 5.32 Å². The molecule has 1 amide bonds. The van der Waals surface area contributed by atoms with E-state index < -0.39 is 0 Å². The molecule has 2 unspecified atom stereocenters. The molecule has 3 fully saturated rings. The van der Waals surface area contributed by atoms with Crippen molar-refractivity contribution in [2.45, 2.75) is 51.0 Å². The first kappa shape index (κ1) is 22.7. The SMILES string of the molecule is CN=C(NC1CC1C1CCCCC1)N1CCN(CCC(=O)N(C)C)CC1.I. The zero-order valence-electron chi connectivity index (χ0n) is 17.3. The van der Waals surface area contributed by atoms with Gasteiger partial charge in [0.15, 0.2) is 5.96 Å². The summed E-state index contributed by atoms with van der Waals surface area (Å²) in [4.78, 5) is 22.8. The smallest absolute Gasteiger partial charge is 0.223 e. The second-order valence-corrected chi connectivity index (χ2v) is 8.46. The number of carbonyl (C=O) groups is 1. The molecule has 0 aromatic carbocycles. The van der Waals surface area contributed by atoms with Crippen molar-refractivity contribution < 1.29 is 4.79 Å². The van der Waals surface area contributed by atoms with Gasteiger partial charge in [0.2, 0.25) is 5.91 Å². The van der Waals surface area contributed by atoms with Gasteiger partial charge in [-0.05, 0) is 18.3 Å². The molecule has 27 heavy (non-hydrogen) atoms. The predicted octanol–water partition coefficient (Wildman–Crippen LogP) is 2.24. The number of halogens is 1. The highest BCUT2D eigenvalue weighted by Gasteiger charge is 2.43. The number of aliphatic imine (C=N–C) groups is 1. The minimum absolute atomic E-state index is 0. The lowest BCUT2D eigenvalue weighted by molar-refractivity contribution is -0.129. The Bertz CT molecular complexity index is 499. The van der Waals surface area contributed by atoms with Crippen molar-refractivity contribution in [2.75, 3.05) is 53.9 Å². The van der Waals surface area contributed by atoms with E-state index in [1.807, 2.05) is 21.1 Å². The minimum Gasteiger partial charge on any atom is -0.353 e. The number of amides is 1. The lowest BCUT2D eigenvalue weighted by Crippen LogP contribution is -2.53. The van der Waals surface area contributed by atoms with Crippen molar-refractivity contribution in [3.05, 3.63) is 0 Å². The van der Waals surface area contributed by atoms with Crippen molar-refractivity contribution in [2.24, 2.45) is 16.8 Å². The molecule has 6 nitrogen and oxygen atoms in total. The van der Waals surface area contributed by atoms with Crippen LogP contribution in [0, 0.1) is 11.8 Å². The van der Waals surface area contributed by atoms with Crippen LogP contribution in [-0.4, -0.2) is 86.5 Å². The summed E-state index contributed by atoms with van der Waals surface area (Å²) in [6, 6.07) is 0.646. The molecule has 2 aliphatic carbocycles. The van der Waals surface area contributed by atoms with Gasteiger partial charge >= 0.3 is 0 Å². The highest BCUT2D eigenvalue weighted by Crippen LogP contribution is 2.44. The highest BCUT2D eigenvalue weighted by atomic mass is 127. The second-order valence-electron chi connectivity index (χ2n) is 8.46. The number of piperazine rings is 1. The Morgan fingerprint density at radius 3 is 2.37 bits per heavy atom. The van der Waals surface area contributed by atoms with Crippen LogP contribution in [0.15, 0.2) is 4.99 Å². The number of nitrogens with one attached hydrogen (secondary N) is 1. The molecule has 3 rings (SSSR count). The van der Waals surface area contributed by atoms with Gasteiger partial charge in [-0.1, -0.05) is 32.1 Å². The summed E-state index contributed by atoms with van der Waals surface area (Å²) in [6.45, 7) is 4.88. The third-order valence-electron chi connectivity index (χ3n) is 6.43. The maximum atomic E-state index is 11.8. The first-order valence-corrected chi connectivity index (χ1v) is 10.5. The molecule has 1 saturated heterocycles. The summed E-state index contributed by atoms with van der Waals surface area (Å²) in [5.74, 6) is 3.13. The van der Waals surface area contributed by atoms with Crippen LogP contribution in [0.1, 0.15) is 44.9 Å². The van der Waals surface area contributed by atoms with Crippen LogP contribution in [0.25, 0.3) is 0 Å². The Morgan fingerprint density at radius 1 is 1.11 bits per heavy atom. The van der Waals surface area contributed by atoms with Crippen molar-refractivity contribution in [1.82, 2.24) is 20.0 Å². The Labute approximate surface area is 182 Å². The zero-order chi connectivity index (χ0) is 18.5. The van der Waals surface area contributed by atoms with E-state index in [1.165, 1.54) is 38.5 Å². The monoisotopic (exact) mass is 491 g/mol. The molecule has 156 valence electrons. The number of hydrogen-bond acceptors (Lipinski definition) is 3. The van der Waals surface area contributed by atoms with Crippen molar-refractivity contribution in [3.63, 3.8) is 0 Å². The molecule has 0 spiro atoms. The standard InChI is InChI=1S/C20H37N5O.HI/c1-21-20(22-18-15-17(18)16-7-5-4-6-8-16)25-13-11-24(12-14-25)10-9-19(26)23(2)3;/h16-18H,4-15H2,1-3H3,(H,21,22);1H. The molecule has 1 heterocycles. The Kier molecular flexibility index (Phi) is 9.11. The van der Waals surface area contributed by atoms with Crippen molar-refractivity contribution in [3.8, 4) is 0 Å². The van der Waals surface area contributed by atoms with Crippen LogP contribution >= 0.6 is 24.0 Å². The highest BCUT2D eigenvalue weighted by molar-refractivity contribution is 14.0.